The minimum atomic E-state index is 0.592. The number of nitrogens with one attached hydrogen (secondary N) is 1. The van der Waals surface area contributed by atoms with Crippen molar-refractivity contribution in [2.75, 3.05) is 5.32 Å². The Balaban J connectivity index is 2.05. The molecule has 0 amide bonds. The molecule has 0 radical (unpaired) electrons. The fourth-order valence-electron chi connectivity index (χ4n) is 2.40. The van der Waals surface area contributed by atoms with Crippen LogP contribution >= 0.6 is 15.9 Å². The minimum Gasteiger partial charge on any atom is -0.366 e. The van der Waals surface area contributed by atoms with Crippen molar-refractivity contribution in [1.29, 1.82) is 0 Å². The van der Waals surface area contributed by atoms with E-state index in [0.29, 0.717) is 6.04 Å². The van der Waals surface area contributed by atoms with Crippen LogP contribution in [0.5, 0.6) is 0 Å². The molecule has 1 aliphatic carbocycles. The number of halogens is 1. The molecule has 1 heterocycles. The van der Waals surface area contributed by atoms with Crippen molar-refractivity contribution in [3.05, 3.63) is 22.3 Å². The zero-order chi connectivity index (χ0) is 11.5. The Labute approximate surface area is 106 Å². The highest BCUT2D eigenvalue weighted by Crippen LogP contribution is 2.29. The second-order valence-corrected chi connectivity index (χ2v) is 5.70. The third kappa shape index (κ3) is 2.76. The van der Waals surface area contributed by atoms with Crippen LogP contribution in [0.1, 0.15) is 38.2 Å². The van der Waals surface area contributed by atoms with Crippen LogP contribution in [0.3, 0.4) is 0 Å². The van der Waals surface area contributed by atoms with Crippen LogP contribution in [0.2, 0.25) is 0 Å². The van der Waals surface area contributed by atoms with Crippen LogP contribution in [0.25, 0.3) is 0 Å². The molecule has 1 aromatic heterocycles. The molecule has 88 valence electrons. The maximum atomic E-state index is 4.40. The number of anilines is 1. The van der Waals surface area contributed by atoms with Gasteiger partial charge in [0.05, 0.1) is 4.47 Å². The SMILES string of the molecule is Cc1ccnc(NC2CCCC(C)C2)c1Br. The molecule has 1 saturated carbocycles. The van der Waals surface area contributed by atoms with Gasteiger partial charge in [-0.2, -0.15) is 0 Å². The van der Waals surface area contributed by atoms with E-state index in [9.17, 15) is 0 Å². The number of nitrogens with zero attached hydrogens (tertiary/aromatic N) is 1. The Morgan fingerprint density at radius 2 is 2.25 bits per heavy atom. The molecule has 1 N–H and O–H groups in total. The van der Waals surface area contributed by atoms with Gasteiger partial charge in [-0.3, -0.25) is 0 Å². The Morgan fingerprint density at radius 3 is 3.00 bits per heavy atom. The van der Waals surface area contributed by atoms with Gasteiger partial charge in [-0.1, -0.05) is 19.8 Å². The van der Waals surface area contributed by atoms with E-state index < -0.39 is 0 Å². The fourth-order valence-corrected chi connectivity index (χ4v) is 2.75. The summed E-state index contributed by atoms with van der Waals surface area (Å²) in [6, 6.07) is 2.62. The minimum absolute atomic E-state index is 0.592. The first kappa shape index (κ1) is 11.9. The second kappa shape index (κ2) is 5.17. The molecule has 1 fully saturated rings. The van der Waals surface area contributed by atoms with Gasteiger partial charge in [-0.05, 0) is 53.2 Å². The highest BCUT2D eigenvalue weighted by atomic mass is 79.9. The summed E-state index contributed by atoms with van der Waals surface area (Å²) in [7, 11) is 0. The second-order valence-electron chi connectivity index (χ2n) is 4.90. The van der Waals surface area contributed by atoms with Gasteiger partial charge in [-0.15, -0.1) is 0 Å². The summed E-state index contributed by atoms with van der Waals surface area (Å²) < 4.78 is 1.10. The summed E-state index contributed by atoms with van der Waals surface area (Å²) in [6.45, 7) is 4.44. The van der Waals surface area contributed by atoms with E-state index in [4.69, 9.17) is 0 Å². The van der Waals surface area contributed by atoms with Crippen molar-refractivity contribution in [3.63, 3.8) is 0 Å². The van der Waals surface area contributed by atoms with Crippen LogP contribution in [-0.2, 0) is 0 Å². The summed E-state index contributed by atoms with van der Waals surface area (Å²) in [5, 5.41) is 3.56. The highest BCUT2D eigenvalue weighted by Gasteiger charge is 2.19. The lowest BCUT2D eigenvalue weighted by atomic mass is 9.87. The molecule has 0 saturated heterocycles. The topological polar surface area (TPSA) is 24.9 Å². The van der Waals surface area contributed by atoms with E-state index >= 15 is 0 Å². The molecule has 0 spiro atoms. The van der Waals surface area contributed by atoms with Crippen LogP contribution in [-0.4, -0.2) is 11.0 Å². The van der Waals surface area contributed by atoms with Crippen LogP contribution in [0.4, 0.5) is 5.82 Å². The Morgan fingerprint density at radius 1 is 1.44 bits per heavy atom. The third-order valence-electron chi connectivity index (χ3n) is 3.36. The van der Waals surface area contributed by atoms with Crippen LogP contribution in [0.15, 0.2) is 16.7 Å². The summed E-state index contributed by atoms with van der Waals surface area (Å²) >= 11 is 3.60. The quantitative estimate of drug-likeness (QED) is 0.882. The summed E-state index contributed by atoms with van der Waals surface area (Å²) in [4.78, 5) is 4.40. The number of hydrogen-bond acceptors (Lipinski definition) is 2. The van der Waals surface area contributed by atoms with Gasteiger partial charge in [0.2, 0.25) is 0 Å². The van der Waals surface area contributed by atoms with E-state index in [1.807, 2.05) is 12.3 Å². The number of aryl methyl sites for hydroxylation is 1. The molecule has 2 unspecified atom stereocenters. The average molecular weight is 283 g/mol. The summed E-state index contributed by atoms with van der Waals surface area (Å²) in [5.74, 6) is 1.84. The Kier molecular flexibility index (Phi) is 3.85. The third-order valence-corrected chi connectivity index (χ3v) is 4.36. The molecule has 0 aliphatic heterocycles. The number of rotatable bonds is 2. The van der Waals surface area contributed by atoms with E-state index in [-0.39, 0.29) is 0 Å². The predicted molar refractivity (Wildman–Crippen MR) is 71.7 cm³/mol. The van der Waals surface area contributed by atoms with Crippen molar-refractivity contribution in [2.45, 2.75) is 45.6 Å². The van der Waals surface area contributed by atoms with Crippen molar-refractivity contribution in [3.8, 4) is 0 Å². The summed E-state index contributed by atoms with van der Waals surface area (Å²) in [6.07, 6.45) is 7.12. The van der Waals surface area contributed by atoms with Gasteiger partial charge in [0.1, 0.15) is 5.82 Å². The molecule has 3 heteroatoms. The van der Waals surface area contributed by atoms with Gasteiger partial charge in [0, 0.05) is 12.2 Å². The fraction of sp³-hybridized carbons (Fsp3) is 0.615. The standard InChI is InChI=1S/C13H19BrN2/c1-9-4-3-5-11(8-9)16-13-12(14)10(2)6-7-15-13/h6-7,9,11H,3-5,8H2,1-2H3,(H,15,16). The van der Waals surface area contributed by atoms with E-state index in [0.717, 1.165) is 16.2 Å². The molecule has 0 bridgehead atoms. The first-order chi connectivity index (χ1) is 7.66. The normalized spacial score (nSPS) is 25.4. The smallest absolute Gasteiger partial charge is 0.140 e. The maximum absolute atomic E-state index is 4.40. The number of aromatic nitrogens is 1. The van der Waals surface area contributed by atoms with E-state index in [1.165, 1.54) is 31.2 Å². The lowest BCUT2D eigenvalue weighted by molar-refractivity contribution is 0.358. The molecule has 1 aliphatic rings. The molecular weight excluding hydrogens is 264 g/mol. The first-order valence-electron chi connectivity index (χ1n) is 6.04. The zero-order valence-electron chi connectivity index (χ0n) is 9.96. The first-order valence-corrected chi connectivity index (χ1v) is 6.83. The van der Waals surface area contributed by atoms with Gasteiger partial charge in [-0.25, -0.2) is 4.98 Å². The molecule has 2 atom stereocenters. The van der Waals surface area contributed by atoms with Crippen LogP contribution < -0.4 is 5.32 Å². The number of hydrogen-bond donors (Lipinski definition) is 1. The van der Waals surface area contributed by atoms with Crippen molar-refractivity contribution < 1.29 is 0 Å². The summed E-state index contributed by atoms with van der Waals surface area (Å²) in [5.41, 5.74) is 1.24. The van der Waals surface area contributed by atoms with Crippen molar-refractivity contribution >= 4 is 21.7 Å². The Hall–Kier alpha value is -0.570. The molecule has 2 nitrogen and oxygen atoms in total. The van der Waals surface area contributed by atoms with Gasteiger partial charge in [0.25, 0.3) is 0 Å². The lowest BCUT2D eigenvalue weighted by Gasteiger charge is -2.28. The molecular formula is C13H19BrN2. The van der Waals surface area contributed by atoms with Crippen LogP contribution in [0, 0.1) is 12.8 Å². The molecule has 1 aromatic rings. The molecule has 2 rings (SSSR count). The lowest BCUT2D eigenvalue weighted by Crippen LogP contribution is -2.26. The predicted octanol–water partition coefficient (Wildman–Crippen LogP) is 4.14. The molecule has 16 heavy (non-hydrogen) atoms. The highest BCUT2D eigenvalue weighted by molar-refractivity contribution is 9.10. The maximum Gasteiger partial charge on any atom is 0.140 e. The van der Waals surface area contributed by atoms with Gasteiger partial charge in [0.15, 0.2) is 0 Å². The molecule has 0 aromatic carbocycles. The Bertz CT molecular complexity index is 365. The zero-order valence-corrected chi connectivity index (χ0v) is 11.5. The van der Waals surface area contributed by atoms with Crippen molar-refractivity contribution in [2.24, 2.45) is 5.92 Å². The number of pyridine rings is 1. The average Bonchev–Trinajstić information content (AvgIpc) is 2.25. The van der Waals surface area contributed by atoms with Gasteiger partial charge >= 0.3 is 0 Å². The van der Waals surface area contributed by atoms with E-state index in [2.05, 4.69) is 40.1 Å². The van der Waals surface area contributed by atoms with Gasteiger partial charge < -0.3 is 5.32 Å². The van der Waals surface area contributed by atoms with Crippen molar-refractivity contribution in [1.82, 2.24) is 4.98 Å². The van der Waals surface area contributed by atoms with E-state index in [1.54, 1.807) is 0 Å². The monoisotopic (exact) mass is 282 g/mol. The largest absolute Gasteiger partial charge is 0.366 e.